The number of likely N-dealkylation sites (N-methyl/N-ethyl adjacent to an activating group) is 1. The number of carbonyl (C=O) groups is 2. The van der Waals surface area contributed by atoms with Crippen molar-refractivity contribution >= 4 is 11.9 Å². The van der Waals surface area contributed by atoms with E-state index in [2.05, 4.69) is 10.1 Å². The molecule has 0 aromatic rings. The van der Waals surface area contributed by atoms with Crippen molar-refractivity contribution in [2.45, 2.75) is 6.04 Å². The van der Waals surface area contributed by atoms with Crippen LogP contribution in [-0.4, -0.2) is 63.3 Å². The maximum absolute atomic E-state index is 11.4. The van der Waals surface area contributed by atoms with Crippen molar-refractivity contribution in [2.24, 2.45) is 0 Å². The number of rotatable bonds is 3. The van der Waals surface area contributed by atoms with E-state index in [1.165, 1.54) is 7.11 Å². The standard InChI is InChI=1S/C9H16N2O4/c1-10-8(12)5-11-3-4-15-6-7(11)9(13)14-2/h7H,3-6H2,1-2H3,(H,10,12). The summed E-state index contributed by atoms with van der Waals surface area (Å²) in [5.41, 5.74) is 0. The maximum atomic E-state index is 11.4. The zero-order valence-corrected chi connectivity index (χ0v) is 8.99. The van der Waals surface area contributed by atoms with Crippen molar-refractivity contribution in [1.29, 1.82) is 0 Å². The highest BCUT2D eigenvalue weighted by atomic mass is 16.5. The molecule has 0 saturated carbocycles. The fourth-order valence-electron chi connectivity index (χ4n) is 1.44. The molecule has 6 nitrogen and oxygen atoms in total. The van der Waals surface area contributed by atoms with Gasteiger partial charge in [-0.05, 0) is 0 Å². The molecule has 1 fully saturated rings. The van der Waals surface area contributed by atoms with Gasteiger partial charge in [-0.15, -0.1) is 0 Å². The number of hydrogen-bond donors (Lipinski definition) is 1. The molecule has 86 valence electrons. The van der Waals surface area contributed by atoms with Gasteiger partial charge in [-0.2, -0.15) is 0 Å². The highest BCUT2D eigenvalue weighted by Crippen LogP contribution is 2.07. The van der Waals surface area contributed by atoms with E-state index in [1.54, 1.807) is 11.9 Å². The highest BCUT2D eigenvalue weighted by Gasteiger charge is 2.31. The lowest BCUT2D eigenvalue weighted by molar-refractivity contribution is -0.153. The van der Waals surface area contributed by atoms with E-state index in [4.69, 9.17) is 4.74 Å². The number of nitrogens with zero attached hydrogens (tertiary/aromatic N) is 1. The third-order valence-corrected chi connectivity index (χ3v) is 2.34. The lowest BCUT2D eigenvalue weighted by Crippen LogP contribution is -2.53. The van der Waals surface area contributed by atoms with Gasteiger partial charge in [0.2, 0.25) is 5.91 Å². The first-order chi connectivity index (χ1) is 7.19. The van der Waals surface area contributed by atoms with Gasteiger partial charge in [0.05, 0.1) is 26.9 Å². The van der Waals surface area contributed by atoms with Crippen LogP contribution in [0.25, 0.3) is 0 Å². The molecule has 1 aliphatic heterocycles. The third kappa shape index (κ3) is 3.17. The molecule has 1 amide bonds. The van der Waals surface area contributed by atoms with Gasteiger partial charge in [-0.25, -0.2) is 0 Å². The molecule has 1 rings (SSSR count). The summed E-state index contributed by atoms with van der Waals surface area (Å²) in [7, 11) is 2.89. The first-order valence-corrected chi connectivity index (χ1v) is 4.79. The fourth-order valence-corrected chi connectivity index (χ4v) is 1.44. The molecule has 1 unspecified atom stereocenters. The smallest absolute Gasteiger partial charge is 0.325 e. The summed E-state index contributed by atoms with van der Waals surface area (Å²) in [5.74, 6) is -0.482. The third-order valence-electron chi connectivity index (χ3n) is 2.34. The van der Waals surface area contributed by atoms with Crippen molar-refractivity contribution in [3.63, 3.8) is 0 Å². The van der Waals surface area contributed by atoms with Crippen LogP contribution in [0.4, 0.5) is 0 Å². The number of esters is 1. The van der Waals surface area contributed by atoms with Crippen molar-refractivity contribution in [1.82, 2.24) is 10.2 Å². The van der Waals surface area contributed by atoms with Crippen LogP contribution in [0.5, 0.6) is 0 Å². The Morgan fingerprint density at radius 1 is 1.60 bits per heavy atom. The summed E-state index contributed by atoms with van der Waals surface area (Å²) in [5, 5.41) is 2.52. The van der Waals surface area contributed by atoms with Crippen molar-refractivity contribution in [2.75, 3.05) is 40.5 Å². The van der Waals surface area contributed by atoms with Crippen molar-refractivity contribution in [3.8, 4) is 0 Å². The van der Waals surface area contributed by atoms with E-state index in [0.29, 0.717) is 13.2 Å². The second kappa shape index (κ2) is 5.67. The Balaban J connectivity index is 2.57. The van der Waals surface area contributed by atoms with Crippen LogP contribution < -0.4 is 5.32 Å². The topological polar surface area (TPSA) is 67.9 Å². The molecule has 1 saturated heterocycles. The van der Waals surface area contributed by atoms with Crippen LogP contribution in [0.2, 0.25) is 0 Å². The van der Waals surface area contributed by atoms with E-state index in [9.17, 15) is 9.59 Å². The highest BCUT2D eigenvalue weighted by molar-refractivity contribution is 5.80. The number of carbonyl (C=O) groups excluding carboxylic acids is 2. The minimum Gasteiger partial charge on any atom is -0.468 e. The molecule has 0 aromatic heterocycles. The summed E-state index contributed by atoms with van der Waals surface area (Å²) in [4.78, 5) is 24.3. The van der Waals surface area contributed by atoms with Crippen LogP contribution in [0.1, 0.15) is 0 Å². The second-order valence-corrected chi connectivity index (χ2v) is 3.26. The first-order valence-electron chi connectivity index (χ1n) is 4.79. The summed E-state index contributed by atoms with van der Waals surface area (Å²) < 4.78 is 9.82. The molecule has 0 aliphatic carbocycles. The molecule has 1 atom stereocenters. The Morgan fingerprint density at radius 3 is 2.93 bits per heavy atom. The van der Waals surface area contributed by atoms with Gasteiger partial charge >= 0.3 is 5.97 Å². The SMILES string of the molecule is CNC(=O)CN1CCOCC1C(=O)OC. The van der Waals surface area contributed by atoms with E-state index in [0.717, 1.165) is 0 Å². The molecule has 0 spiro atoms. The maximum Gasteiger partial charge on any atom is 0.325 e. The average Bonchev–Trinajstić information content (AvgIpc) is 2.28. The zero-order chi connectivity index (χ0) is 11.3. The quantitative estimate of drug-likeness (QED) is 0.588. The predicted octanol–water partition coefficient (Wildman–Crippen LogP) is -1.39. The molecule has 6 heteroatoms. The Hall–Kier alpha value is -1.14. The molecule has 15 heavy (non-hydrogen) atoms. The minimum absolute atomic E-state index is 0.120. The summed E-state index contributed by atoms with van der Waals surface area (Å²) >= 11 is 0. The van der Waals surface area contributed by atoms with E-state index in [-0.39, 0.29) is 25.0 Å². The van der Waals surface area contributed by atoms with Crippen LogP contribution in [0, 0.1) is 0 Å². The van der Waals surface area contributed by atoms with Gasteiger partial charge in [0.1, 0.15) is 6.04 Å². The van der Waals surface area contributed by atoms with Crippen LogP contribution in [-0.2, 0) is 19.1 Å². The molecule has 0 bridgehead atoms. The van der Waals surface area contributed by atoms with E-state index < -0.39 is 6.04 Å². The van der Waals surface area contributed by atoms with Crippen molar-refractivity contribution < 1.29 is 19.1 Å². The first kappa shape index (κ1) is 11.9. The summed E-state index contributed by atoms with van der Waals surface area (Å²) in [6, 6.07) is -0.471. The monoisotopic (exact) mass is 216 g/mol. The minimum atomic E-state index is -0.471. The van der Waals surface area contributed by atoms with Gasteiger partial charge in [0, 0.05) is 13.6 Å². The van der Waals surface area contributed by atoms with Gasteiger partial charge in [0.15, 0.2) is 0 Å². The average molecular weight is 216 g/mol. The van der Waals surface area contributed by atoms with Gasteiger partial charge in [-0.1, -0.05) is 0 Å². The molecule has 0 radical (unpaired) electrons. The Morgan fingerprint density at radius 2 is 2.33 bits per heavy atom. The number of nitrogens with one attached hydrogen (secondary N) is 1. The lowest BCUT2D eigenvalue weighted by atomic mass is 10.2. The predicted molar refractivity (Wildman–Crippen MR) is 52.3 cm³/mol. The Bertz CT molecular complexity index is 244. The normalized spacial score (nSPS) is 22.1. The molecule has 0 aromatic carbocycles. The Labute approximate surface area is 88.5 Å². The lowest BCUT2D eigenvalue weighted by Gasteiger charge is -2.32. The number of ether oxygens (including phenoxy) is 2. The largest absolute Gasteiger partial charge is 0.468 e. The van der Waals surface area contributed by atoms with Crippen LogP contribution in [0.3, 0.4) is 0 Å². The van der Waals surface area contributed by atoms with Gasteiger partial charge in [-0.3, -0.25) is 14.5 Å². The molecule has 1 N–H and O–H groups in total. The van der Waals surface area contributed by atoms with Gasteiger partial charge in [0.25, 0.3) is 0 Å². The molecular formula is C9H16N2O4. The molecular weight excluding hydrogens is 200 g/mol. The summed E-state index contributed by atoms with van der Waals surface area (Å²) in [6.07, 6.45) is 0. The fraction of sp³-hybridized carbons (Fsp3) is 0.778. The molecule has 1 heterocycles. The van der Waals surface area contributed by atoms with E-state index >= 15 is 0 Å². The second-order valence-electron chi connectivity index (χ2n) is 3.26. The number of hydrogen-bond acceptors (Lipinski definition) is 5. The van der Waals surface area contributed by atoms with Crippen molar-refractivity contribution in [3.05, 3.63) is 0 Å². The Kier molecular flexibility index (Phi) is 4.51. The summed E-state index contributed by atoms with van der Waals surface area (Å²) in [6.45, 7) is 1.57. The number of amides is 1. The van der Waals surface area contributed by atoms with Gasteiger partial charge < -0.3 is 14.8 Å². The number of morpholine rings is 1. The molecule has 1 aliphatic rings. The zero-order valence-electron chi connectivity index (χ0n) is 8.99. The van der Waals surface area contributed by atoms with Crippen LogP contribution >= 0.6 is 0 Å². The number of methoxy groups -OCH3 is 1. The van der Waals surface area contributed by atoms with E-state index in [1.807, 2.05) is 0 Å². The van der Waals surface area contributed by atoms with Crippen LogP contribution in [0.15, 0.2) is 0 Å².